The Morgan fingerprint density at radius 3 is 2.75 bits per heavy atom. The lowest BCUT2D eigenvalue weighted by Crippen LogP contribution is -2.40. The first-order chi connectivity index (χ1) is 7.70. The molecule has 8 heteroatoms. The van der Waals surface area contributed by atoms with E-state index in [1.807, 2.05) is 0 Å². The molecular weight excluding hydrogens is 240 g/mol. The van der Waals surface area contributed by atoms with Gasteiger partial charge in [0.25, 0.3) is 12.3 Å². The van der Waals surface area contributed by atoms with E-state index in [4.69, 9.17) is 4.74 Å². The van der Waals surface area contributed by atoms with E-state index >= 15 is 0 Å². The minimum atomic E-state index is -2.77. The molecule has 88 valence electrons. The number of hydrogen-bond donors (Lipinski definition) is 0. The monoisotopic (exact) mass is 249 g/mol. The molecule has 1 aromatic rings. The Morgan fingerprint density at radius 1 is 1.44 bits per heavy atom. The zero-order valence-electron chi connectivity index (χ0n) is 8.23. The molecule has 1 amide bonds. The minimum Gasteiger partial charge on any atom is -0.378 e. The summed E-state index contributed by atoms with van der Waals surface area (Å²) in [7, 11) is 0. The summed E-state index contributed by atoms with van der Waals surface area (Å²) in [5.74, 6) is -0.436. The van der Waals surface area contributed by atoms with Crippen LogP contribution in [-0.2, 0) is 4.74 Å². The second kappa shape index (κ2) is 4.79. The Labute approximate surface area is 94.2 Å². The van der Waals surface area contributed by atoms with E-state index < -0.39 is 18.0 Å². The maximum Gasteiger partial charge on any atom is 0.283 e. The van der Waals surface area contributed by atoms with Gasteiger partial charge in [0.1, 0.15) is 4.88 Å². The molecule has 0 bridgehead atoms. The minimum absolute atomic E-state index is 0.0723. The summed E-state index contributed by atoms with van der Waals surface area (Å²) in [6.45, 7) is 1.70. The summed E-state index contributed by atoms with van der Waals surface area (Å²) in [6, 6.07) is 0. The number of halogens is 2. The quantitative estimate of drug-likeness (QED) is 0.783. The van der Waals surface area contributed by atoms with Crippen molar-refractivity contribution in [1.29, 1.82) is 0 Å². The molecule has 0 saturated carbocycles. The van der Waals surface area contributed by atoms with Gasteiger partial charge >= 0.3 is 0 Å². The number of nitrogens with zero attached hydrogens (tertiary/aromatic N) is 3. The number of aromatic nitrogens is 2. The fourth-order valence-corrected chi connectivity index (χ4v) is 2.04. The fourth-order valence-electron chi connectivity index (χ4n) is 1.40. The third-order valence-corrected chi connectivity index (χ3v) is 2.94. The molecule has 1 aromatic heterocycles. The molecule has 0 aromatic carbocycles. The van der Waals surface area contributed by atoms with E-state index in [0.29, 0.717) is 37.8 Å². The van der Waals surface area contributed by atoms with Gasteiger partial charge in [-0.1, -0.05) is 4.49 Å². The Bertz CT molecular complexity index is 379. The first kappa shape index (κ1) is 11.3. The average Bonchev–Trinajstić information content (AvgIpc) is 2.78. The molecule has 0 aliphatic carbocycles. The van der Waals surface area contributed by atoms with Gasteiger partial charge in [0.05, 0.1) is 13.2 Å². The van der Waals surface area contributed by atoms with Crippen molar-refractivity contribution in [3.05, 3.63) is 10.6 Å². The van der Waals surface area contributed by atoms with Gasteiger partial charge in [-0.2, -0.15) is 0 Å². The zero-order valence-corrected chi connectivity index (χ0v) is 9.04. The highest BCUT2D eigenvalue weighted by Crippen LogP contribution is 2.24. The van der Waals surface area contributed by atoms with E-state index in [1.165, 1.54) is 4.90 Å². The highest BCUT2D eigenvalue weighted by atomic mass is 32.1. The van der Waals surface area contributed by atoms with Crippen molar-refractivity contribution in [2.45, 2.75) is 6.43 Å². The second-order valence-electron chi connectivity index (χ2n) is 3.19. The van der Waals surface area contributed by atoms with Crippen LogP contribution in [0.15, 0.2) is 0 Å². The van der Waals surface area contributed by atoms with Crippen LogP contribution >= 0.6 is 11.5 Å². The summed E-state index contributed by atoms with van der Waals surface area (Å²) in [5, 5.41) is 3.27. The summed E-state index contributed by atoms with van der Waals surface area (Å²) in [5.41, 5.74) is -0.526. The third kappa shape index (κ3) is 2.17. The van der Waals surface area contributed by atoms with Gasteiger partial charge in [0.15, 0.2) is 5.69 Å². The van der Waals surface area contributed by atoms with Crippen LogP contribution in [-0.4, -0.2) is 46.7 Å². The first-order valence-electron chi connectivity index (χ1n) is 4.67. The third-order valence-electron chi connectivity index (χ3n) is 2.21. The maximum absolute atomic E-state index is 12.5. The number of amides is 1. The number of carbonyl (C=O) groups is 1. The molecular formula is C8H9F2N3O2S. The molecule has 0 atom stereocenters. The van der Waals surface area contributed by atoms with Crippen molar-refractivity contribution in [2.24, 2.45) is 0 Å². The lowest BCUT2D eigenvalue weighted by Gasteiger charge is -2.26. The van der Waals surface area contributed by atoms with Crippen molar-refractivity contribution < 1.29 is 18.3 Å². The van der Waals surface area contributed by atoms with Gasteiger partial charge in [-0.05, 0) is 11.5 Å². The van der Waals surface area contributed by atoms with Crippen molar-refractivity contribution >= 4 is 17.4 Å². The molecule has 0 N–H and O–H groups in total. The molecule has 2 heterocycles. The summed E-state index contributed by atoms with van der Waals surface area (Å²) in [4.78, 5) is 13.3. The van der Waals surface area contributed by atoms with Crippen molar-refractivity contribution in [1.82, 2.24) is 14.5 Å². The van der Waals surface area contributed by atoms with Crippen LogP contribution in [0.3, 0.4) is 0 Å². The van der Waals surface area contributed by atoms with Gasteiger partial charge in [-0.25, -0.2) is 8.78 Å². The number of rotatable bonds is 2. The van der Waals surface area contributed by atoms with Crippen LogP contribution in [0.1, 0.15) is 21.8 Å². The standard InChI is InChI=1S/C8H9F2N3O2S/c9-7(10)5-6(16-12-11-5)8(14)13-1-3-15-4-2-13/h7H,1-4H2. The topological polar surface area (TPSA) is 55.3 Å². The van der Waals surface area contributed by atoms with E-state index in [9.17, 15) is 13.6 Å². The molecule has 0 unspecified atom stereocenters. The maximum atomic E-state index is 12.5. The number of carbonyl (C=O) groups excluding carboxylic acids is 1. The molecule has 1 fully saturated rings. The summed E-state index contributed by atoms with van der Waals surface area (Å²) in [6.07, 6.45) is -2.77. The lowest BCUT2D eigenvalue weighted by molar-refractivity contribution is 0.0301. The highest BCUT2D eigenvalue weighted by Gasteiger charge is 2.27. The van der Waals surface area contributed by atoms with E-state index in [2.05, 4.69) is 9.59 Å². The predicted octanol–water partition coefficient (Wildman–Crippen LogP) is 0.948. The van der Waals surface area contributed by atoms with Crippen LogP contribution in [0, 0.1) is 0 Å². The molecule has 2 rings (SSSR count). The van der Waals surface area contributed by atoms with E-state index in [1.54, 1.807) is 0 Å². The molecule has 0 spiro atoms. The number of ether oxygens (including phenoxy) is 1. The molecule has 5 nitrogen and oxygen atoms in total. The van der Waals surface area contributed by atoms with Gasteiger partial charge in [0, 0.05) is 13.1 Å². The van der Waals surface area contributed by atoms with Crippen LogP contribution < -0.4 is 0 Å². The van der Waals surface area contributed by atoms with E-state index in [0.717, 1.165) is 0 Å². The molecule has 0 radical (unpaired) electrons. The molecule has 1 saturated heterocycles. The number of morpholine rings is 1. The summed E-state index contributed by atoms with van der Waals surface area (Å²) < 4.78 is 33.5. The highest BCUT2D eigenvalue weighted by molar-refractivity contribution is 7.08. The molecule has 1 aliphatic rings. The number of alkyl halides is 2. The SMILES string of the molecule is O=C(c1snnc1C(F)F)N1CCOCC1. The van der Waals surface area contributed by atoms with Crippen molar-refractivity contribution in [3.8, 4) is 0 Å². The largest absolute Gasteiger partial charge is 0.378 e. The lowest BCUT2D eigenvalue weighted by atomic mass is 10.3. The number of hydrogen-bond acceptors (Lipinski definition) is 5. The van der Waals surface area contributed by atoms with Gasteiger partial charge < -0.3 is 9.64 Å². The van der Waals surface area contributed by atoms with Crippen molar-refractivity contribution in [2.75, 3.05) is 26.3 Å². The Morgan fingerprint density at radius 2 is 2.12 bits per heavy atom. The Hall–Kier alpha value is -1.15. The van der Waals surface area contributed by atoms with Gasteiger partial charge in [-0.15, -0.1) is 5.10 Å². The Balaban J connectivity index is 2.16. The van der Waals surface area contributed by atoms with E-state index in [-0.39, 0.29) is 4.88 Å². The summed E-state index contributed by atoms with van der Waals surface area (Å²) >= 11 is 0.706. The van der Waals surface area contributed by atoms with Crippen LogP contribution in [0.25, 0.3) is 0 Å². The first-order valence-corrected chi connectivity index (χ1v) is 5.45. The molecule has 1 aliphatic heterocycles. The predicted molar refractivity (Wildman–Crippen MR) is 51.6 cm³/mol. The fraction of sp³-hybridized carbons (Fsp3) is 0.625. The smallest absolute Gasteiger partial charge is 0.283 e. The second-order valence-corrected chi connectivity index (χ2v) is 3.95. The van der Waals surface area contributed by atoms with Gasteiger partial charge in [-0.3, -0.25) is 4.79 Å². The normalized spacial score (nSPS) is 16.8. The average molecular weight is 249 g/mol. The van der Waals surface area contributed by atoms with Crippen LogP contribution in [0.4, 0.5) is 8.78 Å². The van der Waals surface area contributed by atoms with Crippen LogP contribution in [0.5, 0.6) is 0 Å². The van der Waals surface area contributed by atoms with Gasteiger partial charge in [0.2, 0.25) is 0 Å². The van der Waals surface area contributed by atoms with Crippen LogP contribution in [0.2, 0.25) is 0 Å². The Kier molecular flexibility index (Phi) is 3.39. The zero-order chi connectivity index (χ0) is 11.5. The van der Waals surface area contributed by atoms with Crippen molar-refractivity contribution in [3.63, 3.8) is 0 Å². The molecule has 16 heavy (non-hydrogen) atoms.